The first-order valence-electron chi connectivity index (χ1n) is 7.48. The van der Waals surface area contributed by atoms with Gasteiger partial charge in [-0.2, -0.15) is 0 Å². The van der Waals surface area contributed by atoms with Crippen molar-refractivity contribution in [2.45, 2.75) is 45.7 Å². The van der Waals surface area contributed by atoms with E-state index in [2.05, 4.69) is 12.2 Å². The Kier molecular flexibility index (Phi) is 8.16. The number of nitrogens with one attached hydrogen (secondary N) is 1. The number of hydrogen-bond acceptors (Lipinski definition) is 2. The Morgan fingerprint density at radius 2 is 2.14 bits per heavy atom. The van der Waals surface area contributed by atoms with Crippen LogP contribution in [0.2, 0.25) is 5.02 Å². The minimum Gasteiger partial charge on any atom is -0.396 e. The van der Waals surface area contributed by atoms with E-state index in [1.807, 2.05) is 31.2 Å². The molecule has 1 aromatic rings. The summed E-state index contributed by atoms with van der Waals surface area (Å²) in [5.41, 5.74) is 0.912. The Labute approximate surface area is 132 Å². The Bertz CT molecular complexity index is 440. The van der Waals surface area contributed by atoms with Crippen LogP contribution in [-0.2, 0) is 6.54 Å². The van der Waals surface area contributed by atoms with Gasteiger partial charge in [-0.3, -0.25) is 0 Å². The summed E-state index contributed by atoms with van der Waals surface area (Å²) in [5, 5.41) is 12.6. The number of aliphatic hydroxyl groups excluding tert-OH is 1. The summed E-state index contributed by atoms with van der Waals surface area (Å²) in [4.78, 5) is 14.0. The van der Waals surface area contributed by atoms with Crippen molar-refractivity contribution in [2.75, 3.05) is 13.2 Å². The van der Waals surface area contributed by atoms with E-state index < -0.39 is 0 Å². The zero-order valence-corrected chi connectivity index (χ0v) is 13.6. The molecular formula is C16H25ClN2O2. The van der Waals surface area contributed by atoms with E-state index in [1.165, 1.54) is 0 Å². The molecule has 0 saturated carbocycles. The highest BCUT2D eigenvalue weighted by Gasteiger charge is 2.16. The molecule has 1 atom stereocenters. The van der Waals surface area contributed by atoms with Gasteiger partial charge in [-0.25, -0.2) is 4.79 Å². The first-order valence-corrected chi connectivity index (χ1v) is 7.86. The molecule has 1 unspecified atom stereocenters. The Morgan fingerprint density at radius 3 is 2.76 bits per heavy atom. The van der Waals surface area contributed by atoms with E-state index in [0.717, 1.165) is 18.4 Å². The van der Waals surface area contributed by atoms with Crippen molar-refractivity contribution in [2.24, 2.45) is 0 Å². The Balaban J connectivity index is 2.70. The molecule has 0 heterocycles. The monoisotopic (exact) mass is 312 g/mol. The van der Waals surface area contributed by atoms with E-state index in [4.69, 9.17) is 16.7 Å². The highest BCUT2D eigenvalue weighted by molar-refractivity contribution is 6.31. The molecule has 0 aromatic heterocycles. The lowest BCUT2D eigenvalue weighted by molar-refractivity contribution is 0.183. The van der Waals surface area contributed by atoms with Crippen LogP contribution < -0.4 is 5.32 Å². The average Bonchev–Trinajstić information content (AvgIpc) is 2.45. The maximum absolute atomic E-state index is 12.3. The minimum atomic E-state index is -0.107. The van der Waals surface area contributed by atoms with Crippen LogP contribution >= 0.6 is 11.6 Å². The second-order valence-corrected chi connectivity index (χ2v) is 5.64. The number of urea groups is 1. The molecule has 5 heteroatoms. The number of rotatable bonds is 8. The minimum absolute atomic E-state index is 0.0663. The smallest absolute Gasteiger partial charge is 0.317 e. The van der Waals surface area contributed by atoms with Crippen molar-refractivity contribution in [3.8, 4) is 0 Å². The summed E-state index contributed by atoms with van der Waals surface area (Å²) in [5.74, 6) is 0. The molecule has 0 radical (unpaired) electrons. The van der Waals surface area contributed by atoms with E-state index >= 15 is 0 Å². The topological polar surface area (TPSA) is 52.6 Å². The molecule has 2 amide bonds. The van der Waals surface area contributed by atoms with Crippen molar-refractivity contribution >= 4 is 17.6 Å². The molecule has 0 spiro atoms. The first-order chi connectivity index (χ1) is 10.1. The van der Waals surface area contributed by atoms with Gasteiger partial charge >= 0.3 is 6.03 Å². The van der Waals surface area contributed by atoms with Crippen molar-refractivity contribution in [3.05, 3.63) is 34.9 Å². The van der Waals surface area contributed by atoms with Crippen LogP contribution in [0, 0.1) is 0 Å². The molecule has 0 aliphatic rings. The summed E-state index contributed by atoms with van der Waals surface area (Å²) >= 11 is 6.15. The Hall–Kier alpha value is -1.26. The number of aliphatic hydroxyl groups is 1. The predicted octanol–water partition coefficient (Wildman–Crippen LogP) is 3.42. The van der Waals surface area contributed by atoms with Gasteiger partial charge in [-0.1, -0.05) is 43.1 Å². The maximum Gasteiger partial charge on any atom is 0.317 e. The summed E-state index contributed by atoms with van der Waals surface area (Å²) in [6.07, 6.45) is 2.54. The van der Waals surface area contributed by atoms with Crippen molar-refractivity contribution in [1.29, 1.82) is 0 Å². The average molecular weight is 313 g/mol. The molecule has 0 aliphatic carbocycles. The fourth-order valence-corrected chi connectivity index (χ4v) is 2.35. The van der Waals surface area contributed by atoms with E-state index in [1.54, 1.807) is 4.90 Å². The molecule has 0 fully saturated rings. The third kappa shape index (κ3) is 6.36. The van der Waals surface area contributed by atoms with E-state index in [0.29, 0.717) is 24.5 Å². The first kappa shape index (κ1) is 17.8. The zero-order chi connectivity index (χ0) is 15.7. The third-order valence-electron chi connectivity index (χ3n) is 3.28. The number of carbonyl (C=O) groups excluding carboxylic acids is 1. The maximum atomic E-state index is 12.3. The van der Waals surface area contributed by atoms with Gasteiger partial charge in [0.25, 0.3) is 0 Å². The van der Waals surface area contributed by atoms with Crippen molar-refractivity contribution in [3.63, 3.8) is 0 Å². The molecule has 21 heavy (non-hydrogen) atoms. The van der Waals surface area contributed by atoms with Crippen LogP contribution in [-0.4, -0.2) is 35.2 Å². The van der Waals surface area contributed by atoms with Gasteiger partial charge in [-0.15, -0.1) is 0 Å². The van der Waals surface area contributed by atoms with Crippen LogP contribution in [0.15, 0.2) is 24.3 Å². The molecule has 0 aliphatic heterocycles. The summed E-state index contributed by atoms with van der Waals surface area (Å²) in [6, 6.07) is 7.54. The largest absolute Gasteiger partial charge is 0.396 e. The normalized spacial score (nSPS) is 12.0. The third-order valence-corrected chi connectivity index (χ3v) is 3.65. The lowest BCUT2D eigenvalue weighted by atomic mass is 10.2. The standard InChI is InChI=1S/C16H25ClN2O2/c1-3-7-13(2)18-16(21)19(10-6-11-20)12-14-8-4-5-9-15(14)17/h4-5,8-9,13,20H,3,6-7,10-12H2,1-2H3,(H,18,21). The lowest BCUT2D eigenvalue weighted by Crippen LogP contribution is -2.44. The van der Waals surface area contributed by atoms with Crippen LogP contribution in [0.25, 0.3) is 0 Å². The van der Waals surface area contributed by atoms with Crippen LogP contribution in [0.4, 0.5) is 4.79 Å². The van der Waals surface area contributed by atoms with Crippen LogP contribution in [0.1, 0.15) is 38.7 Å². The number of halogens is 1. The van der Waals surface area contributed by atoms with Crippen molar-refractivity contribution in [1.82, 2.24) is 10.2 Å². The SMILES string of the molecule is CCCC(C)NC(=O)N(CCCO)Cc1ccccc1Cl. The molecule has 2 N–H and O–H groups in total. The number of nitrogens with zero attached hydrogens (tertiary/aromatic N) is 1. The summed E-state index contributed by atoms with van der Waals surface area (Å²) in [6.45, 7) is 5.12. The van der Waals surface area contributed by atoms with Crippen LogP contribution in [0.3, 0.4) is 0 Å². The Morgan fingerprint density at radius 1 is 1.43 bits per heavy atom. The van der Waals surface area contributed by atoms with Gasteiger partial charge in [0.15, 0.2) is 0 Å². The van der Waals surface area contributed by atoms with Crippen LogP contribution in [0.5, 0.6) is 0 Å². The lowest BCUT2D eigenvalue weighted by Gasteiger charge is -2.25. The predicted molar refractivity (Wildman–Crippen MR) is 86.5 cm³/mol. The number of benzene rings is 1. The number of amides is 2. The van der Waals surface area contributed by atoms with Gasteiger partial charge in [0.1, 0.15) is 0 Å². The van der Waals surface area contributed by atoms with Gasteiger partial charge in [0.05, 0.1) is 0 Å². The molecule has 1 rings (SSSR count). The zero-order valence-electron chi connectivity index (χ0n) is 12.8. The molecule has 4 nitrogen and oxygen atoms in total. The number of hydrogen-bond donors (Lipinski definition) is 2. The van der Waals surface area contributed by atoms with Crippen molar-refractivity contribution < 1.29 is 9.90 Å². The van der Waals surface area contributed by atoms with E-state index in [9.17, 15) is 4.79 Å². The fourth-order valence-electron chi connectivity index (χ4n) is 2.15. The molecular weight excluding hydrogens is 288 g/mol. The highest BCUT2D eigenvalue weighted by Crippen LogP contribution is 2.17. The quantitative estimate of drug-likeness (QED) is 0.772. The molecule has 0 bridgehead atoms. The van der Waals surface area contributed by atoms with Gasteiger partial charge in [0.2, 0.25) is 0 Å². The highest BCUT2D eigenvalue weighted by atomic mass is 35.5. The van der Waals surface area contributed by atoms with Gasteiger partial charge < -0.3 is 15.3 Å². The second-order valence-electron chi connectivity index (χ2n) is 5.23. The van der Waals surface area contributed by atoms with Gasteiger partial charge in [-0.05, 0) is 31.4 Å². The van der Waals surface area contributed by atoms with Gasteiger partial charge in [0, 0.05) is 30.8 Å². The molecule has 118 valence electrons. The van der Waals surface area contributed by atoms with E-state index in [-0.39, 0.29) is 18.7 Å². The second kappa shape index (κ2) is 9.64. The summed E-state index contributed by atoms with van der Waals surface area (Å²) < 4.78 is 0. The fraction of sp³-hybridized carbons (Fsp3) is 0.562. The molecule has 0 saturated heterocycles. The summed E-state index contributed by atoms with van der Waals surface area (Å²) in [7, 11) is 0. The number of carbonyl (C=O) groups is 1. The molecule has 1 aromatic carbocycles.